The number of ether oxygens (including phenoxy) is 1. The molecule has 0 saturated carbocycles. The van der Waals surface area contributed by atoms with Crippen LogP contribution in [-0.4, -0.2) is 41.0 Å². The van der Waals surface area contributed by atoms with Crippen molar-refractivity contribution in [2.75, 3.05) is 18.0 Å². The van der Waals surface area contributed by atoms with Gasteiger partial charge in [-0.2, -0.15) is 5.10 Å². The number of carbonyl (C=O) groups is 1. The minimum absolute atomic E-state index is 0.00309. The summed E-state index contributed by atoms with van der Waals surface area (Å²) in [5.41, 5.74) is 3.04. The number of amides is 1. The summed E-state index contributed by atoms with van der Waals surface area (Å²) < 4.78 is 35.6. The number of halogens is 2. The first kappa shape index (κ1) is 23.9. The van der Waals surface area contributed by atoms with Gasteiger partial charge in [0.1, 0.15) is 11.6 Å². The highest BCUT2D eigenvalue weighted by Crippen LogP contribution is 2.26. The monoisotopic (exact) mass is 468 g/mol. The normalized spacial score (nSPS) is 18.4. The van der Waals surface area contributed by atoms with Crippen molar-refractivity contribution in [3.63, 3.8) is 0 Å². The van der Waals surface area contributed by atoms with E-state index < -0.39 is 0 Å². The fourth-order valence-electron chi connectivity index (χ4n) is 4.45. The zero-order valence-corrected chi connectivity index (χ0v) is 19.9. The lowest BCUT2D eigenvalue weighted by atomic mass is 10.0. The average Bonchev–Trinajstić information content (AvgIpc) is 3.23. The number of nitrogens with zero attached hydrogens (tertiary/aromatic N) is 3. The van der Waals surface area contributed by atoms with Gasteiger partial charge < -0.3 is 15.0 Å². The third kappa shape index (κ3) is 5.12. The van der Waals surface area contributed by atoms with Crippen LogP contribution in [0.5, 0.6) is 0 Å². The van der Waals surface area contributed by atoms with E-state index in [0.717, 1.165) is 5.69 Å². The average molecular weight is 469 g/mol. The molecular formula is C26H30F2N4O2. The van der Waals surface area contributed by atoms with Crippen molar-refractivity contribution in [3.05, 3.63) is 77.1 Å². The second kappa shape index (κ2) is 9.93. The van der Waals surface area contributed by atoms with Gasteiger partial charge in [-0.25, -0.2) is 13.5 Å². The van der Waals surface area contributed by atoms with Gasteiger partial charge in [-0.1, -0.05) is 19.9 Å². The molecule has 8 heteroatoms. The number of morpholine rings is 1. The summed E-state index contributed by atoms with van der Waals surface area (Å²) in [5.74, 6) is -0.948. The molecule has 0 radical (unpaired) electrons. The zero-order valence-electron chi connectivity index (χ0n) is 19.9. The van der Waals surface area contributed by atoms with Gasteiger partial charge in [-0.15, -0.1) is 0 Å². The van der Waals surface area contributed by atoms with Gasteiger partial charge in [0, 0.05) is 19.6 Å². The summed E-state index contributed by atoms with van der Waals surface area (Å²) in [7, 11) is 0. The van der Waals surface area contributed by atoms with Crippen LogP contribution in [0.15, 0.2) is 48.7 Å². The van der Waals surface area contributed by atoms with Crippen LogP contribution in [0, 0.1) is 11.6 Å². The molecule has 2 heterocycles. The maximum atomic E-state index is 14.9. The molecule has 1 N–H and O–H groups in total. The topological polar surface area (TPSA) is 59.4 Å². The Balaban J connectivity index is 1.48. The molecule has 4 rings (SSSR count). The van der Waals surface area contributed by atoms with E-state index in [1.807, 2.05) is 38.7 Å². The van der Waals surface area contributed by atoms with Crippen molar-refractivity contribution in [1.29, 1.82) is 0 Å². The number of benzene rings is 2. The fourth-order valence-corrected chi connectivity index (χ4v) is 4.45. The molecule has 0 bridgehead atoms. The van der Waals surface area contributed by atoms with E-state index in [4.69, 9.17) is 4.74 Å². The molecule has 1 aliphatic rings. The van der Waals surface area contributed by atoms with Crippen LogP contribution in [0.1, 0.15) is 55.2 Å². The van der Waals surface area contributed by atoms with E-state index in [9.17, 15) is 13.6 Å². The van der Waals surface area contributed by atoms with Crippen molar-refractivity contribution in [2.45, 2.75) is 52.4 Å². The number of rotatable bonds is 6. The number of carbonyl (C=O) groups excluding carboxylic acids is 1. The van der Waals surface area contributed by atoms with Crippen molar-refractivity contribution in [2.24, 2.45) is 0 Å². The Morgan fingerprint density at radius 1 is 1.12 bits per heavy atom. The zero-order chi connectivity index (χ0) is 24.4. The molecule has 2 unspecified atom stereocenters. The SMILES string of the molecule is CC1CN(c2ccc(CNC(=O)c3cnn(-c4ccc(F)cc4)c3C(C)C)cc2F)CC(C)O1. The van der Waals surface area contributed by atoms with E-state index >= 15 is 0 Å². The highest BCUT2D eigenvalue weighted by atomic mass is 19.1. The molecule has 0 spiro atoms. The third-order valence-electron chi connectivity index (χ3n) is 5.89. The molecule has 2 atom stereocenters. The molecule has 3 aromatic rings. The first-order valence-corrected chi connectivity index (χ1v) is 11.5. The molecule has 2 aromatic carbocycles. The molecule has 1 aromatic heterocycles. The lowest BCUT2D eigenvalue weighted by Crippen LogP contribution is -2.45. The van der Waals surface area contributed by atoms with Crippen molar-refractivity contribution >= 4 is 11.6 Å². The van der Waals surface area contributed by atoms with Crippen LogP contribution >= 0.6 is 0 Å². The van der Waals surface area contributed by atoms with E-state index in [0.29, 0.717) is 35.6 Å². The van der Waals surface area contributed by atoms with Crippen LogP contribution in [0.2, 0.25) is 0 Å². The van der Waals surface area contributed by atoms with Gasteiger partial charge in [0.2, 0.25) is 0 Å². The maximum absolute atomic E-state index is 14.9. The molecule has 1 aliphatic heterocycles. The molecule has 6 nitrogen and oxygen atoms in total. The molecule has 180 valence electrons. The number of nitrogens with one attached hydrogen (secondary N) is 1. The highest BCUT2D eigenvalue weighted by Gasteiger charge is 2.25. The quantitative estimate of drug-likeness (QED) is 0.564. The molecule has 0 aliphatic carbocycles. The lowest BCUT2D eigenvalue weighted by Gasteiger charge is -2.37. The molecule has 1 fully saturated rings. The van der Waals surface area contributed by atoms with Crippen LogP contribution in [0.25, 0.3) is 5.69 Å². The second-order valence-corrected chi connectivity index (χ2v) is 9.12. The lowest BCUT2D eigenvalue weighted by molar-refractivity contribution is -0.00539. The minimum Gasteiger partial charge on any atom is -0.372 e. The second-order valence-electron chi connectivity index (χ2n) is 9.12. The Morgan fingerprint density at radius 3 is 2.41 bits per heavy atom. The minimum atomic E-state index is -0.337. The van der Waals surface area contributed by atoms with Crippen LogP contribution in [0.3, 0.4) is 0 Å². The van der Waals surface area contributed by atoms with E-state index in [1.165, 1.54) is 24.4 Å². The van der Waals surface area contributed by atoms with Gasteiger partial charge in [0.15, 0.2) is 0 Å². The number of hydrogen-bond acceptors (Lipinski definition) is 4. The van der Waals surface area contributed by atoms with Crippen molar-refractivity contribution in [1.82, 2.24) is 15.1 Å². The van der Waals surface area contributed by atoms with Crippen LogP contribution in [-0.2, 0) is 11.3 Å². The maximum Gasteiger partial charge on any atom is 0.255 e. The number of aromatic nitrogens is 2. The summed E-state index contributed by atoms with van der Waals surface area (Å²) in [5, 5.41) is 7.23. The summed E-state index contributed by atoms with van der Waals surface area (Å²) in [6.45, 7) is 9.35. The van der Waals surface area contributed by atoms with Gasteiger partial charge in [-0.05, 0) is 61.7 Å². The van der Waals surface area contributed by atoms with Gasteiger partial charge in [0.05, 0.1) is 41.0 Å². The number of anilines is 1. The van der Waals surface area contributed by atoms with Gasteiger partial charge in [-0.3, -0.25) is 4.79 Å². The Labute approximate surface area is 198 Å². The molecule has 1 amide bonds. The highest BCUT2D eigenvalue weighted by molar-refractivity contribution is 5.95. The van der Waals surface area contributed by atoms with Crippen molar-refractivity contribution in [3.8, 4) is 5.69 Å². The fraction of sp³-hybridized carbons (Fsp3) is 0.385. The Hall–Kier alpha value is -3.26. The summed E-state index contributed by atoms with van der Waals surface area (Å²) in [4.78, 5) is 15.0. The largest absolute Gasteiger partial charge is 0.372 e. The Morgan fingerprint density at radius 2 is 1.79 bits per heavy atom. The standard InChI is InChI=1S/C26H30F2N4O2/c1-16(2)25-22(13-30-32(25)21-8-6-20(27)7-9-21)26(33)29-12-19-5-10-24(23(28)11-19)31-14-17(3)34-18(4)15-31/h5-11,13,16-18H,12,14-15H2,1-4H3,(H,29,33). The van der Waals surface area contributed by atoms with E-state index in [-0.39, 0.29) is 42.2 Å². The number of hydrogen-bond donors (Lipinski definition) is 1. The summed E-state index contributed by atoms with van der Waals surface area (Å²) in [6.07, 6.45) is 1.58. The predicted octanol–water partition coefficient (Wildman–Crippen LogP) is 4.82. The van der Waals surface area contributed by atoms with Gasteiger partial charge in [0.25, 0.3) is 5.91 Å². The van der Waals surface area contributed by atoms with E-state index in [1.54, 1.807) is 22.9 Å². The van der Waals surface area contributed by atoms with Gasteiger partial charge >= 0.3 is 0 Å². The first-order chi connectivity index (χ1) is 16.2. The molecule has 1 saturated heterocycles. The first-order valence-electron chi connectivity index (χ1n) is 11.5. The summed E-state index contributed by atoms with van der Waals surface area (Å²) >= 11 is 0. The van der Waals surface area contributed by atoms with Crippen LogP contribution in [0.4, 0.5) is 14.5 Å². The smallest absolute Gasteiger partial charge is 0.255 e. The predicted molar refractivity (Wildman–Crippen MR) is 127 cm³/mol. The van der Waals surface area contributed by atoms with Crippen LogP contribution < -0.4 is 10.2 Å². The van der Waals surface area contributed by atoms with Crippen molar-refractivity contribution < 1.29 is 18.3 Å². The Kier molecular flexibility index (Phi) is 6.97. The third-order valence-corrected chi connectivity index (χ3v) is 5.89. The summed E-state index contributed by atoms with van der Waals surface area (Å²) in [6, 6.07) is 11.0. The molecular weight excluding hydrogens is 438 g/mol. The molecule has 34 heavy (non-hydrogen) atoms. The Bertz CT molecular complexity index is 1150. The van der Waals surface area contributed by atoms with E-state index in [2.05, 4.69) is 10.4 Å².